The van der Waals surface area contributed by atoms with Crippen LogP contribution in [0.25, 0.3) is 0 Å². The van der Waals surface area contributed by atoms with E-state index in [0.29, 0.717) is 11.3 Å². The van der Waals surface area contributed by atoms with Gasteiger partial charge in [0.15, 0.2) is 0 Å². The smallest absolute Gasteiger partial charge is 0.240 e. The van der Waals surface area contributed by atoms with Crippen molar-refractivity contribution in [2.45, 2.75) is 11.4 Å². The quantitative estimate of drug-likeness (QED) is 0.654. The predicted molar refractivity (Wildman–Crippen MR) is 101 cm³/mol. The van der Waals surface area contributed by atoms with Gasteiger partial charge in [-0.2, -0.15) is 5.26 Å². The largest absolute Gasteiger partial charge is 0.439 e. The maximum Gasteiger partial charge on any atom is 0.240 e. The van der Waals surface area contributed by atoms with Gasteiger partial charge in [0.05, 0.1) is 15.5 Å². The Labute approximate surface area is 166 Å². The van der Waals surface area contributed by atoms with Crippen LogP contribution in [0.5, 0.6) is 11.6 Å². The molecule has 28 heavy (non-hydrogen) atoms. The zero-order chi connectivity index (χ0) is 20.1. The number of hydrogen-bond donors (Lipinski definition) is 1. The predicted octanol–water partition coefficient (Wildman–Crippen LogP) is 4.02. The number of aromatic nitrogens is 1. The molecule has 2 aromatic carbocycles. The summed E-state index contributed by atoms with van der Waals surface area (Å²) < 4.78 is 45.8. The van der Waals surface area contributed by atoms with Gasteiger partial charge in [-0.1, -0.05) is 23.7 Å². The molecule has 0 saturated carbocycles. The third kappa shape index (κ3) is 4.84. The molecule has 6 nitrogen and oxygen atoms in total. The Kier molecular flexibility index (Phi) is 5.90. The van der Waals surface area contributed by atoms with Crippen LogP contribution >= 0.6 is 11.6 Å². The Bertz CT molecular complexity index is 1150. The highest BCUT2D eigenvalue weighted by Crippen LogP contribution is 2.21. The topological polar surface area (TPSA) is 92.1 Å². The van der Waals surface area contributed by atoms with Gasteiger partial charge < -0.3 is 4.74 Å². The second-order valence-electron chi connectivity index (χ2n) is 5.64. The minimum atomic E-state index is -3.83. The van der Waals surface area contributed by atoms with Gasteiger partial charge in [-0.05, 0) is 35.9 Å². The van der Waals surface area contributed by atoms with E-state index >= 15 is 0 Å². The molecule has 3 aromatic rings. The second-order valence-corrected chi connectivity index (χ2v) is 7.82. The van der Waals surface area contributed by atoms with Crippen molar-refractivity contribution in [3.63, 3.8) is 0 Å². The third-order valence-electron chi connectivity index (χ3n) is 3.65. The van der Waals surface area contributed by atoms with E-state index in [0.717, 1.165) is 0 Å². The number of pyridine rings is 1. The van der Waals surface area contributed by atoms with Crippen LogP contribution in [0.4, 0.5) is 4.39 Å². The van der Waals surface area contributed by atoms with Gasteiger partial charge in [0.25, 0.3) is 0 Å². The number of ether oxygens (including phenoxy) is 1. The maximum absolute atomic E-state index is 13.2. The molecule has 0 aliphatic rings. The van der Waals surface area contributed by atoms with Crippen LogP contribution in [0.15, 0.2) is 65.7 Å². The van der Waals surface area contributed by atoms with E-state index in [9.17, 15) is 12.8 Å². The van der Waals surface area contributed by atoms with Gasteiger partial charge >= 0.3 is 0 Å². The van der Waals surface area contributed by atoms with Gasteiger partial charge in [0.1, 0.15) is 17.6 Å². The number of sulfonamides is 1. The van der Waals surface area contributed by atoms with Crippen molar-refractivity contribution in [3.05, 3.63) is 82.8 Å². The third-order valence-corrected chi connectivity index (χ3v) is 5.38. The summed E-state index contributed by atoms with van der Waals surface area (Å²) in [6, 6.07) is 14.5. The maximum atomic E-state index is 13.2. The first-order valence-corrected chi connectivity index (χ1v) is 9.81. The Balaban J connectivity index is 1.66. The fraction of sp³-hybridized carbons (Fsp3) is 0.0526. The van der Waals surface area contributed by atoms with Gasteiger partial charge in [0.2, 0.25) is 15.9 Å². The van der Waals surface area contributed by atoms with Crippen molar-refractivity contribution in [1.82, 2.24) is 9.71 Å². The number of benzene rings is 2. The molecule has 0 radical (unpaired) electrons. The molecule has 0 amide bonds. The van der Waals surface area contributed by atoms with Crippen LogP contribution in [0.2, 0.25) is 5.02 Å². The van der Waals surface area contributed by atoms with E-state index < -0.39 is 15.8 Å². The monoisotopic (exact) mass is 417 g/mol. The SMILES string of the molecule is N#Cc1cc(S(=O)(=O)NCc2ccc(Oc3cccc(F)c3)nc2)ccc1Cl. The molecule has 9 heteroatoms. The molecule has 0 bridgehead atoms. The lowest BCUT2D eigenvalue weighted by molar-refractivity contribution is 0.457. The van der Waals surface area contributed by atoms with E-state index in [1.54, 1.807) is 18.2 Å². The van der Waals surface area contributed by atoms with Crippen molar-refractivity contribution in [3.8, 4) is 17.7 Å². The summed E-state index contributed by atoms with van der Waals surface area (Å²) in [5, 5.41) is 9.15. The Morgan fingerprint density at radius 3 is 2.68 bits per heavy atom. The summed E-state index contributed by atoms with van der Waals surface area (Å²) in [7, 11) is -3.83. The first-order chi connectivity index (χ1) is 13.4. The molecule has 1 aromatic heterocycles. The molecular formula is C19H13ClFN3O3S. The average Bonchev–Trinajstić information content (AvgIpc) is 2.68. The Morgan fingerprint density at radius 1 is 1.18 bits per heavy atom. The average molecular weight is 418 g/mol. The van der Waals surface area contributed by atoms with Gasteiger partial charge in [-0.3, -0.25) is 0 Å². The lowest BCUT2D eigenvalue weighted by atomic mass is 10.2. The summed E-state index contributed by atoms with van der Waals surface area (Å²) in [5.74, 6) is 0.121. The molecule has 0 aliphatic carbocycles. The lowest BCUT2D eigenvalue weighted by Gasteiger charge is -2.09. The molecule has 0 unspecified atom stereocenters. The fourth-order valence-corrected chi connectivity index (χ4v) is 3.45. The molecule has 1 N–H and O–H groups in total. The van der Waals surface area contributed by atoms with Crippen LogP contribution in [0, 0.1) is 17.1 Å². The normalized spacial score (nSPS) is 11.0. The Morgan fingerprint density at radius 2 is 2.00 bits per heavy atom. The number of halogens is 2. The molecule has 142 valence electrons. The van der Waals surface area contributed by atoms with Crippen LogP contribution in [0.3, 0.4) is 0 Å². The van der Waals surface area contributed by atoms with Gasteiger partial charge in [0, 0.05) is 24.9 Å². The molecule has 0 atom stereocenters. The lowest BCUT2D eigenvalue weighted by Crippen LogP contribution is -2.23. The summed E-state index contributed by atoms with van der Waals surface area (Å²) in [6.07, 6.45) is 1.44. The molecule has 0 saturated heterocycles. The van der Waals surface area contributed by atoms with E-state index in [4.69, 9.17) is 21.6 Å². The first kappa shape index (κ1) is 19.8. The van der Waals surface area contributed by atoms with E-state index in [-0.39, 0.29) is 27.9 Å². The highest BCUT2D eigenvalue weighted by molar-refractivity contribution is 7.89. The van der Waals surface area contributed by atoms with Crippen LogP contribution < -0.4 is 9.46 Å². The summed E-state index contributed by atoms with van der Waals surface area (Å²) >= 11 is 5.82. The summed E-state index contributed by atoms with van der Waals surface area (Å²) in [5.41, 5.74) is 0.662. The zero-order valence-electron chi connectivity index (χ0n) is 14.3. The number of nitrogens with one attached hydrogen (secondary N) is 1. The number of rotatable bonds is 6. The molecule has 0 spiro atoms. The molecule has 1 heterocycles. The molecule has 0 aliphatic heterocycles. The zero-order valence-corrected chi connectivity index (χ0v) is 15.8. The van der Waals surface area contributed by atoms with Crippen molar-refractivity contribution in [2.24, 2.45) is 0 Å². The van der Waals surface area contributed by atoms with Crippen molar-refractivity contribution in [2.75, 3.05) is 0 Å². The van der Waals surface area contributed by atoms with E-state index in [1.165, 1.54) is 42.6 Å². The highest BCUT2D eigenvalue weighted by Gasteiger charge is 2.16. The standard InChI is InChI=1S/C19H13ClFN3O3S/c20-18-6-5-17(8-14(18)10-22)28(25,26)24-12-13-4-7-19(23-11-13)27-16-3-1-2-15(21)9-16/h1-9,11,24H,12H2. The highest BCUT2D eigenvalue weighted by atomic mass is 35.5. The number of nitrogens with zero attached hydrogens (tertiary/aromatic N) is 2. The minimum absolute atomic E-state index is 0.0138. The summed E-state index contributed by atoms with van der Waals surface area (Å²) in [4.78, 5) is 4.01. The van der Waals surface area contributed by atoms with Crippen molar-refractivity contribution >= 4 is 21.6 Å². The van der Waals surface area contributed by atoms with Gasteiger partial charge in [-0.15, -0.1) is 0 Å². The Hall–Kier alpha value is -2.99. The molecular weight excluding hydrogens is 405 g/mol. The minimum Gasteiger partial charge on any atom is -0.439 e. The number of nitriles is 1. The van der Waals surface area contributed by atoms with Crippen LogP contribution in [0.1, 0.15) is 11.1 Å². The van der Waals surface area contributed by atoms with Crippen LogP contribution in [-0.2, 0) is 16.6 Å². The summed E-state index contributed by atoms with van der Waals surface area (Å²) in [6.45, 7) is -0.0138. The van der Waals surface area contributed by atoms with Crippen LogP contribution in [-0.4, -0.2) is 13.4 Å². The number of hydrogen-bond acceptors (Lipinski definition) is 5. The first-order valence-electron chi connectivity index (χ1n) is 7.95. The fourth-order valence-electron chi connectivity index (χ4n) is 2.25. The van der Waals surface area contributed by atoms with Gasteiger partial charge in [-0.25, -0.2) is 22.5 Å². The van der Waals surface area contributed by atoms with Crippen molar-refractivity contribution in [1.29, 1.82) is 5.26 Å². The van der Waals surface area contributed by atoms with E-state index in [2.05, 4.69) is 9.71 Å². The van der Waals surface area contributed by atoms with Crippen molar-refractivity contribution < 1.29 is 17.5 Å². The molecule has 0 fully saturated rings. The van der Waals surface area contributed by atoms with E-state index in [1.807, 2.05) is 6.07 Å². The molecule has 3 rings (SSSR count). The second kappa shape index (κ2) is 8.35.